The number of hydrazone groups is 1. The second kappa shape index (κ2) is 7.26. The van der Waals surface area contributed by atoms with Crippen molar-refractivity contribution < 1.29 is 14.0 Å². The van der Waals surface area contributed by atoms with Gasteiger partial charge >= 0.3 is 0 Å². The predicted octanol–water partition coefficient (Wildman–Crippen LogP) is 2.29. The van der Waals surface area contributed by atoms with Crippen LogP contribution in [0.1, 0.15) is 18.3 Å². The number of nitrogens with zero attached hydrogens (tertiary/aromatic N) is 7. The summed E-state index contributed by atoms with van der Waals surface area (Å²) in [7, 11) is 1.61. The van der Waals surface area contributed by atoms with Gasteiger partial charge in [-0.2, -0.15) is 10.1 Å². The third-order valence-electron chi connectivity index (χ3n) is 3.79. The van der Waals surface area contributed by atoms with E-state index in [-0.39, 0.29) is 11.3 Å². The maximum atomic E-state index is 5.17. The number of ether oxygens (including phenoxy) is 1. The van der Waals surface area contributed by atoms with E-state index in [1.165, 1.54) is 0 Å². The number of methoxy groups -OCH3 is 1. The number of aryl methyl sites for hydroxylation is 1. The standard InChI is InChI=1S/C16H15N9O3/c1-8(12-9(2)22-27-23-12)20-21-14-13(18-15-16(19-14)25-28-24-15)17-10-4-6-11(26-3)7-5-10/h4-7H,1-3H3,(H,17,18,24)(H,19,21,25)/b20-8-. The van der Waals surface area contributed by atoms with Crippen molar-refractivity contribution in [1.29, 1.82) is 0 Å². The zero-order chi connectivity index (χ0) is 19.5. The van der Waals surface area contributed by atoms with E-state index >= 15 is 0 Å². The number of rotatable bonds is 6. The molecule has 28 heavy (non-hydrogen) atoms. The molecule has 142 valence electrons. The molecule has 1 aromatic carbocycles. The van der Waals surface area contributed by atoms with Crippen LogP contribution < -0.4 is 15.5 Å². The maximum Gasteiger partial charge on any atom is 0.245 e. The highest BCUT2D eigenvalue weighted by molar-refractivity contribution is 5.98. The fraction of sp³-hybridized carbons (Fsp3) is 0.188. The Balaban J connectivity index is 1.65. The number of benzene rings is 1. The van der Waals surface area contributed by atoms with Gasteiger partial charge in [0.05, 0.1) is 12.8 Å². The Morgan fingerprint density at radius 2 is 1.64 bits per heavy atom. The largest absolute Gasteiger partial charge is 0.497 e. The third kappa shape index (κ3) is 3.42. The minimum Gasteiger partial charge on any atom is -0.497 e. The summed E-state index contributed by atoms with van der Waals surface area (Å²) in [5.74, 6) is 1.45. The topological polar surface area (TPSA) is 149 Å². The van der Waals surface area contributed by atoms with Gasteiger partial charge in [0.1, 0.15) is 11.4 Å². The minimum absolute atomic E-state index is 0.245. The van der Waals surface area contributed by atoms with E-state index in [4.69, 9.17) is 14.0 Å². The molecule has 2 N–H and O–H groups in total. The number of aromatic nitrogens is 6. The second-order valence-electron chi connectivity index (χ2n) is 5.69. The lowest BCUT2D eigenvalue weighted by Crippen LogP contribution is -2.06. The van der Waals surface area contributed by atoms with Crippen LogP contribution in [-0.4, -0.2) is 43.4 Å². The van der Waals surface area contributed by atoms with E-state index in [0.717, 1.165) is 11.4 Å². The van der Waals surface area contributed by atoms with E-state index in [0.29, 0.717) is 28.7 Å². The molecule has 3 heterocycles. The molecule has 0 bridgehead atoms. The molecule has 0 amide bonds. The Hall–Kier alpha value is -4.09. The van der Waals surface area contributed by atoms with Crippen LogP contribution in [0.2, 0.25) is 0 Å². The Bertz CT molecular complexity index is 1130. The molecule has 12 nitrogen and oxygen atoms in total. The monoisotopic (exact) mass is 381 g/mol. The van der Waals surface area contributed by atoms with Crippen molar-refractivity contribution in [2.75, 3.05) is 17.9 Å². The van der Waals surface area contributed by atoms with Crippen molar-refractivity contribution in [1.82, 2.24) is 30.6 Å². The smallest absolute Gasteiger partial charge is 0.245 e. The van der Waals surface area contributed by atoms with Crippen molar-refractivity contribution in [2.24, 2.45) is 5.10 Å². The van der Waals surface area contributed by atoms with Gasteiger partial charge in [-0.05, 0) is 53.6 Å². The predicted molar refractivity (Wildman–Crippen MR) is 98.5 cm³/mol. The van der Waals surface area contributed by atoms with Crippen LogP contribution in [0.15, 0.2) is 38.6 Å². The summed E-state index contributed by atoms with van der Waals surface area (Å²) in [6.07, 6.45) is 0. The van der Waals surface area contributed by atoms with E-state index < -0.39 is 0 Å². The summed E-state index contributed by atoms with van der Waals surface area (Å²) in [4.78, 5) is 8.73. The highest BCUT2D eigenvalue weighted by Gasteiger charge is 2.14. The molecule has 0 radical (unpaired) electrons. The third-order valence-corrected chi connectivity index (χ3v) is 3.79. The van der Waals surface area contributed by atoms with E-state index in [2.05, 4.69) is 46.4 Å². The highest BCUT2D eigenvalue weighted by atomic mass is 16.6. The van der Waals surface area contributed by atoms with Gasteiger partial charge in [0, 0.05) is 5.69 Å². The van der Waals surface area contributed by atoms with Crippen LogP contribution in [0.25, 0.3) is 11.3 Å². The fourth-order valence-electron chi connectivity index (χ4n) is 2.36. The number of fused-ring (bicyclic) bond motifs is 1. The van der Waals surface area contributed by atoms with Gasteiger partial charge in [-0.3, -0.25) is 5.43 Å². The molecule has 4 aromatic rings. The Kier molecular flexibility index (Phi) is 4.50. The van der Waals surface area contributed by atoms with Gasteiger partial charge < -0.3 is 10.1 Å². The summed E-state index contributed by atoms with van der Waals surface area (Å²) in [5, 5.41) is 22.4. The van der Waals surface area contributed by atoms with Crippen molar-refractivity contribution in [3.8, 4) is 5.75 Å². The zero-order valence-electron chi connectivity index (χ0n) is 15.2. The summed E-state index contributed by atoms with van der Waals surface area (Å²) < 4.78 is 14.6. The minimum atomic E-state index is 0.245. The lowest BCUT2D eigenvalue weighted by atomic mass is 10.2. The van der Waals surface area contributed by atoms with Gasteiger partial charge in [-0.25, -0.2) is 14.2 Å². The van der Waals surface area contributed by atoms with Crippen LogP contribution in [0.3, 0.4) is 0 Å². The normalized spacial score (nSPS) is 11.6. The number of hydrogen-bond acceptors (Lipinski definition) is 12. The SMILES string of the molecule is COc1ccc(Nc2nc3nonc3nc2N/N=C(/C)c2nonc2C)cc1. The van der Waals surface area contributed by atoms with Gasteiger partial charge in [-0.15, -0.1) is 0 Å². The first kappa shape index (κ1) is 17.3. The molecule has 0 saturated carbocycles. The Morgan fingerprint density at radius 1 is 0.964 bits per heavy atom. The van der Waals surface area contributed by atoms with Crippen molar-refractivity contribution in [3.05, 3.63) is 35.7 Å². The lowest BCUT2D eigenvalue weighted by molar-refractivity contribution is 0.304. The Labute approximate surface area is 157 Å². The molecule has 12 heteroatoms. The Morgan fingerprint density at radius 3 is 2.29 bits per heavy atom. The molecule has 0 spiro atoms. The molecule has 0 aliphatic rings. The van der Waals surface area contributed by atoms with E-state index in [1.807, 2.05) is 24.3 Å². The molecule has 0 fully saturated rings. The molecule has 0 unspecified atom stereocenters. The molecule has 0 aliphatic carbocycles. The van der Waals surface area contributed by atoms with Crippen molar-refractivity contribution in [3.63, 3.8) is 0 Å². The van der Waals surface area contributed by atoms with Crippen LogP contribution in [0, 0.1) is 6.92 Å². The summed E-state index contributed by atoms with van der Waals surface area (Å²) in [5.41, 5.74) is 5.87. The van der Waals surface area contributed by atoms with Crippen LogP contribution >= 0.6 is 0 Å². The quantitative estimate of drug-likeness (QED) is 0.374. The fourth-order valence-corrected chi connectivity index (χ4v) is 2.36. The van der Waals surface area contributed by atoms with Gasteiger partial charge in [0.15, 0.2) is 17.3 Å². The molecule has 0 aliphatic heterocycles. The van der Waals surface area contributed by atoms with Crippen LogP contribution in [-0.2, 0) is 0 Å². The van der Waals surface area contributed by atoms with Gasteiger partial charge in [-0.1, -0.05) is 5.16 Å². The van der Waals surface area contributed by atoms with Crippen molar-refractivity contribution >= 4 is 34.3 Å². The second-order valence-corrected chi connectivity index (χ2v) is 5.69. The first-order valence-corrected chi connectivity index (χ1v) is 8.15. The van der Waals surface area contributed by atoms with E-state index in [1.54, 1.807) is 21.0 Å². The summed E-state index contributed by atoms with van der Waals surface area (Å²) in [6.45, 7) is 3.54. The summed E-state index contributed by atoms with van der Waals surface area (Å²) >= 11 is 0. The maximum absolute atomic E-state index is 5.17. The van der Waals surface area contributed by atoms with Crippen LogP contribution in [0.4, 0.5) is 17.3 Å². The molecule has 4 rings (SSSR count). The molecule has 0 saturated heterocycles. The lowest BCUT2D eigenvalue weighted by Gasteiger charge is -2.10. The molecular formula is C16H15N9O3. The molecule has 3 aromatic heterocycles. The van der Waals surface area contributed by atoms with Crippen molar-refractivity contribution in [2.45, 2.75) is 13.8 Å². The average Bonchev–Trinajstić information content (AvgIpc) is 3.34. The number of nitrogens with one attached hydrogen (secondary N) is 2. The average molecular weight is 381 g/mol. The summed E-state index contributed by atoms with van der Waals surface area (Å²) in [6, 6.07) is 7.33. The van der Waals surface area contributed by atoms with E-state index in [9.17, 15) is 0 Å². The van der Waals surface area contributed by atoms with Gasteiger partial charge in [0.25, 0.3) is 0 Å². The first-order valence-electron chi connectivity index (χ1n) is 8.15. The zero-order valence-corrected chi connectivity index (χ0v) is 15.2. The molecule has 0 atom stereocenters. The number of hydrogen-bond donors (Lipinski definition) is 2. The highest BCUT2D eigenvalue weighted by Crippen LogP contribution is 2.25. The van der Waals surface area contributed by atoms with Crippen LogP contribution in [0.5, 0.6) is 5.75 Å². The van der Waals surface area contributed by atoms with Gasteiger partial charge in [0.2, 0.25) is 11.3 Å². The number of anilines is 3. The molecular weight excluding hydrogens is 366 g/mol. The first-order chi connectivity index (χ1) is 13.6.